The van der Waals surface area contributed by atoms with Crippen molar-refractivity contribution in [2.24, 2.45) is 0 Å². The van der Waals surface area contributed by atoms with Crippen LogP contribution in [0, 0.1) is 20.8 Å². The molecule has 38 heavy (non-hydrogen) atoms. The third-order valence-electron chi connectivity index (χ3n) is 7.13. The second-order valence-corrected chi connectivity index (χ2v) is 10.1. The minimum atomic E-state index is -0.126. The molecule has 0 spiro atoms. The fourth-order valence-corrected chi connectivity index (χ4v) is 5.44. The van der Waals surface area contributed by atoms with E-state index in [1.807, 2.05) is 80.1 Å². The van der Waals surface area contributed by atoms with Crippen LogP contribution in [0.5, 0.6) is 0 Å². The van der Waals surface area contributed by atoms with Crippen LogP contribution in [0.2, 0.25) is 0 Å². The fraction of sp³-hybridized carbons (Fsp3) is 0.267. The molecule has 1 aromatic carbocycles. The molecule has 0 saturated carbocycles. The van der Waals surface area contributed by atoms with Gasteiger partial charge in [0.15, 0.2) is 5.11 Å². The normalized spacial score (nSPS) is 16.9. The Labute approximate surface area is 228 Å². The van der Waals surface area contributed by atoms with Crippen LogP contribution in [-0.2, 0) is 11.3 Å². The Kier molecular flexibility index (Phi) is 7.51. The van der Waals surface area contributed by atoms with E-state index < -0.39 is 0 Å². The van der Waals surface area contributed by atoms with Gasteiger partial charge >= 0.3 is 0 Å². The molecule has 4 aromatic rings. The Balaban J connectivity index is 1.42. The van der Waals surface area contributed by atoms with Gasteiger partial charge in [0.05, 0.1) is 17.8 Å². The number of amides is 1. The zero-order valence-electron chi connectivity index (χ0n) is 21.9. The Morgan fingerprint density at radius 2 is 1.79 bits per heavy atom. The lowest BCUT2D eigenvalue weighted by Gasteiger charge is -2.28. The molecule has 194 valence electrons. The lowest BCUT2D eigenvalue weighted by Crippen LogP contribution is -2.33. The van der Waals surface area contributed by atoms with Gasteiger partial charge in [-0.05, 0) is 86.6 Å². The largest absolute Gasteiger partial charge is 0.352 e. The first kappa shape index (κ1) is 25.6. The first-order valence-corrected chi connectivity index (χ1v) is 13.2. The Hall–Kier alpha value is -4.04. The number of aromatic nitrogens is 3. The van der Waals surface area contributed by atoms with Crippen LogP contribution in [0.3, 0.4) is 0 Å². The second-order valence-electron chi connectivity index (χ2n) is 9.75. The molecule has 1 aliphatic heterocycles. The molecule has 0 aliphatic carbocycles. The van der Waals surface area contributed by atoms with Crippen LogP contribution in [0.1, 0.15) is 52.3 Å². The molecule has 0 bridgehead atoms. The summed E-state index contributed by atoms with van der Waals surface area (Å²) in [5, 5.41) is 7.14. The zero-order chi connectivity index (χ0) is 26.6. The molecule has 2 atom stereocenters. The van der Waals surface area contributed by atoms with E-state index >= 15 is 0 Å². The summed E-state index contributed by atoms with van der Waals surface area (Å²) in [6.07, 6.45) is 5.77. The van der Waals surface area contributed by atoms with Crippen molar-refractivity contribution >= 4 is 28.9 Å². The summed E-state index contributed by atoms with van der Waals surface area (Å²) in [4.78, 5) is 23.8. The molecule has 4 heterocycles. The molecule has 7 nitrogen and oxygen atoms in total. The summed E-state index contributed by atoms with van der Waals surface area (Å²) in [5.41, 5.74) is 7.59. The molecule has 3 aromatic heterocycles. The van der Waals surface area contributed by atoms with Gasteiger partial charge in [0.2, 0.25) is 5.91 Å². The summed E-state index contributed by atoms with van der Waals surface area (Å²) in [6.45, 7) is 7.57. The Morgan fingerprint density at radius 3 is 2.50 bits per heavy atom. The summed E-state index contributed by atoms with van der Waals surface area (Å²) in [6, 6.07) is 19.9. The van der Waals surface area contributed by atoms with E-state index in [0.717, 1.165) is 23.5 Å². The number of hydrogen-bond acceptors (Lipinski definition) is 4. The quantitative estimate of drug-likeness (QED) is 0.307. The molecule has 0 radical (unpaired) electrons. The smallest absolute Gasteiger partial charge is 0.226 e. The van der Waals surface area contributed by atoms with Crippen molar-refractivity contribution in [2.45, 2.75) is 45.8 Å². The minimum absolute atomic E-state index is 0.0418. The second kappa shape index (κ2) is 11.1. The van der Waals surface area contributed by atoms with Crippen molar-refractivity contribution in [3.05, 3.63) is 113 Å². The highest BCUT2D eigenvalue weighted by Gasteiger charge is 2.41. The number of nitrogens with one attached hydrogen (secondary N) is 2. The van der Waals surface area contributed by atoms with Crippen LogP contribution in [0.15, 0.2) is 79.3 Å². The number of pyridine rings is 2. The molecule has 1 aliphatic rings. The molecule has 2 N–H and O–H groups in total. The predicted octanol–water partition coefficient (Wildman–Crippen LogP) is 5.25. The third kappa shape index (κ3) is 5.45. The standard InChI is InChI=1S/C30H32N6OS/c1-20-7-9-24(10-8-20)33-27(37)13-17-35-29(28(34-30(35)38)26-6-4-5-14-32-26)25-18-21(2)36(22(25)3)19-23-11-15-31-16-12-23/h4-12,14-16,18,28-29H,13,17,19H2,1-3H3,(H,33,37)(H,34,38)/t28-,29+/m0/s1. The van der Waals surface area contributed by atoms with E-state index in [9.17, 15) is 4.79 Å². The van der Waals surface area contributed by atoms with Gasteiger partial charge in [0.25, 0.3) is 0 Å². The van der Waals surface area contributed by atoms with E-state index in [0.29, 0.717) is 18.1 Å². The monoisotopic (exact) mass is 524 g/mol. The number of rotatable bonds is 8. The van der Waals surface area contributed by atoms with Crippen molar-refractivity contribution in [1.82, 2.24) is 24.8 Å². The van der Waals surface area contributed by atoms with E-state index in [2.05, 4.69) is 50.0 Å². The van der Waals surface area contributed by atoms with E-state index in [-0.39, 0.29) is 18.0 Å². The SMILES string of the molecule is Cc1ccc(NC(=O)CCN2C(=S)N[C@@H](c3ccccn3)[C@H]2c2cc(C)n(Cc3ccncc3)c2C)cc1. The Morgan fingerprint density at radius 1 is 1.03 bits per heavy atom. The van der Waals surface area contributed by atoms with E-state index in [4.69, 9.17) is 12.2 Å². The van der Waals surface area contributed by atoms with Gasteiger partial charge < -0.3 is 20.1 Å². The zero-order valence-corrected chi connectivity index (χ0v) is 22.7. The van der Waals surface area contributed by atoms with Crippen LogP contribution in [-0.4, -0.2) is 37.0 Å². The molecule has 8 heteroatoms. The number of carbonyl (C=O) groups excluding carboxylic acids is 1. The average molecular weight is 525 g/mol. The van der Waals surface area contributed by atoms with Crippen LogP contribution < -0.4 is 10.6 Å². The van der Waals surface area contributed by atoms with Gasteiger partial charge in [-0.3, -0.25) is 14.8 Å². The first-order valence-electron chi connectivity index (χ1n) is 12.8. The van der Waals surface area contributed by atoms with Crippen LogP contribution >= 0.6 is 12.2 Å². The highest BCUT2D eigenvalue weighted by molar-refractivity contribution is 7.80. The van der Waals surface area contributed by atoms with Crippen molar-refractivity contribution in [3.8, 4) is 0 Å². The fourth-order valence-electron chi connectivity index (χ4n) is 5.11. The maximum absolute atomic E-state index is 12.9. The lowest BCUT2D eigenvalue weighted by atomic mass is 9.96. The van der Waals surface area contributed by atoms with E-state index in [1.54, 1.807) is 0 Å². The summed E-state index contributed by atoms with van der Waals surface area (Å²) in [5.74, 6) is -0.0418. The number of thiocarbonyl (C=S) groups is 1. The van der Waals surface area contributed by atoms with Crippen molar-refractivity contribution in [1.29, 1.82) is 0 Å². The maximum Gasteiger partial charge on any atom is 0.226 e. The molecule has 1 saturated heterocycles. The number of anilines is 1. The van der Waals surface area contributed by atoms with Crippen LogP contribution in [0.4, 0.5) is 5.69 Å². The van der Waals surface area contributed by atoms with Crippen molar-refractivity contribution in [2.75, 3.05) is 11.9 Å². The number of carbonyl (C=O) groups is 1. The van der Waals surface area contributed by atoms with Crippen molar-refractivity contribution < 1.29 is 4.79 Å². The summed E-state index contributed by atoms with van der Waals surface area (Å²) < 4.78 is 2.32. The van der Waals surface area contributed by atoms with Crippen LogP contribution in [0.25, 0.3) is 0 Å². The van der Waals surface area contributed by atoms with Gasteiger partial charge in [0, 0.05) is 55.2 Å². The molecule has 5 rings (SSSR count). The number of nitrogens with zero attached hydrogens (tertiary/aromatic N) is 4. The first-order chi connectivity index (χ1) is 18.4. The number of benzene rings is 1. The predicted molar refractivity (Wildman–Crippen MR) is 154 cm³/mol. The third-order valence-corrected chi connectivity index (χ3v) is 7.49. The maximum atomic E-state index is 12.9. The summed E-state index contributed by atoms with van der Waals surface area (Å²) >= 11 is 5.82. The van der Waals surface area contributed by atoms with Gasteiger partial charge in [-0.15, -0.1) is 0 Å². The highest BCUT2D eigenvalue weighted by atomic mass is 32.1. The van der Waals surface area contributed by atoms with Gasteiger partial charge in [-0.2, -0.15) is 0 Å². The average Bonchev–Trinajstić information content (AvgIpc) is 3.40. The van der Waals surface area contributed by atoms with E-state index in [1.165, 1.54) is 22.5 Å². The van der Waals surface area contributed by atoms with Gasteiger partial charge in [-0.25, -0.2) is 0 Å². The molecular weight excluding hydrogens is 492 g/mol. The Bertz CT molecular complexity index is 1420. The minimum Gasteiger partial charge on any atom is -0.352 e. The topological polar surface area (TPSA) is 75.1 Å². The van der Waals surface area contributed by atoms with Crippen molar-refractivity contribution in [3.63, 3.8) is 0 Å². The summed E-state index contributed by atoms with van der Waals surface area (Å²) in [7, 11) is 0. The lowest BCUT2D eigenvalue weighted by molar-refractivity contribution is -0.116. The molecular formula is C30H32N6OS. The molecule has 1 fully saturated rings. The molecule has 1 amide bonds. The number of aryl methyl sites for hydroxylation is 2. The molecule has 0 unspecified atom stereocenters. The number of hydrogen-bond donors (Lipinski definition) is 2. The van der Waals surface area contributed by atoms with Gasteiger partial charge in [0.1, 0.15) is 0 Å². The van der Waals surface area contributed by atoms with Gasteiger partial charge in [-0.1, -0.05) is 23.8 Å². The highest BCUT2D eigenvalue weighted by Crippen LogP contribution is 2.41.